The first-order valence-corrected chi connectivity index (χ1v) is 6.95. The number of allylic oxidation sites excluding steroid dienone is 2. The minimum absolute atomic E-state index is 0.847. The van der Waals surface area contributed by atoms with Crippen molar-refractivity contribution in [3.05, 3.63) is 71.3 Å². The highest BCUT2D eigenvalue weighted by molar-refractivity contribution is 5.97. The molecule has 0 saturated carbocycles. The van der Waals surface area contributed by atoms with Crippen LogP contribution >= 0.6 is 0 Å². The smallest absolute Gasteiger partial charge is 0.132 e. The van der Waals surface area contributed by atoms with Crippen molar-refractivity contribution < 1.29 is 0 Å². The number of hydrogen-bond donors (Lipinski definition) is 0. The van der Waals surface area contributed by atoms with Gasteiger partial charge in [-0.1, -0.05) is 36.4 Å². The van der Waals surface area contributed by atoms with Gasteiger partial charge in [0.15, 0.2) is 0 Å². The average molecular weight is 262 g/mol. The van der Waals surface area contributed by atoms with E-state index >= 15 is 0 Å². The molecule has 0 spiro atoms. The molecule has 1 heteroatoms. The molecule has 0 bridgehead atoms. The van der Waals surface area contributed by atoms with Crippen molar-refractivity contribution in [3.63, 3.8) is 0 Å². The van der Waals surface area contributed by atoms with Crippen molar-refractivity contribution >= 4 is 23.4 Å². The molecule has 0 radical (unpaired) electrons. The summed E-state index contributed by atoms with van der Waals surface area (Å²) in [5.41, 5.74) is 6.48. The summed E-state index contributed by atoms with van der Waals surface area (Å²) < 4.78 is 0.847. The first-order chi connectivity index (χ1) is 9.54. The molecule has 3 rings (SSSR count). The molecular weight excluding hydrogens is 242 g/mol. The molecule has 0 N–H and O–H groups in total. The lowest BCUT2D eigenvalue weighted by molar-refractivity contribution is 0.486. The van der Waals surface area contributed by atoms with Gasteiger partial charge in [-0.25, -0.2) is 0 Å². The topological polar surface area (TPSA) is 0 Å². The van der Waals surface area contributed by atoms with Crippen molar-refractivity contribution in [1.82, 2.24) is 4.48 Å². The van der Waals surface area contributed by atoms with Gasteiger partial charge in [-0.3, -0.25) is 4.48 Å². The summed E-state index contributed by atoms with van der Waals surface area (Å²) in [6.07, 6.45) is 6.63. The van der Waals surface area contributed by atoms with Crippen LogP contribution in [0.3, 0.4) is 0 Å². The summed E-state index contributed by atoms with van der Waals surface area (Å²) in [7, 11) is 6.55. The van der Waals surface area contributed by atoms with Gasteiger partial charge in [0.1, 0.15) is 5.69 Å². The lowest BCUT2D eigenvalue weighted by Gasteiger charge is -2.23. The molecule has 1 aliphatic carbocycles. The van der Waals surface area contributed by atoms with Crippen LogP contribution < -0.4 is 4.48 Å². The molecule has 0 aliphatic heterocycles. The average Bonchev–Trinajstić information content (AvgIpc) is 2.82. The van der Waals surface area contributed by atoms with Gasteiger partial charge in [0.05, 0.1) is 21.1 Å². The third kappa shape index (κ3) is 2.45. The first kappa shape index (κ1) is 12.9. The second-order valence-electron chi connectivity index (χ2n) is 6.12. The van der Waals surface area contributed by atoms with Crippen molar-refractivity contribution in [2.75, 3.05) is 21.1 Å². The third-order valence-corrected chi connectivity index (χ3v) is 3.70. The summed E-state index contributed by atoms with van der Waals surface area (Å²) in [5, 5.41) is 0. The summed E-state index contributed by atoms with van der Waals surface area (Å²) in [4.78, 5) is 0. The van der Waals surface area contributed by atoms with Crippen LogP contribution in [0.5, 0.6) is 0 Å². The zero-order chi connectivity index (χ0) is 14.2. The van der Waals surface area contributed by atoms with E-state index in [1.807, 2.05) is 0 Å². The quantitative estimate of drug-likeness (QED) is 0.701. The van der Waals surface area contributed by atoms with E-state index in [-0.39, 0.29) is 0 Å². The molecule has 1 aliphatic rings. The van der Waals surface area contributed by atoms with Gasteiger partial charge in [-0.2, -0.15) is 0 Å². The Kier molecular flexibility index (Phi) is 3.07. The second-order valence-corrected chi connectivity index (χ2v) is 6.12. The van der Waals surface area contributed by atoms with Crippen LogP contribution in [0.1, 0.15) is 16.7 Å². The van der Waals surface area contributed by atoms with Gasteiger partial charge in [-0.15, -0.1) is 0 Å². The summed E-state index contributed by atoms with van der Waals surface area (Å²) in [5.74, 6) is 0. The standard InChI is InChI=1S/C19H20N/c1-20(2,3)18-12-8-15(9-13-18)14-17-11-10-16-6-4-5-7-19(16)17/h4-14H,1-3H3/q+1/b17-14-. The molecule has 0 saturated heterocycles. The highest BCUT2D eigenvalue weighted by Gasteiger charge is 2.12. The Labute approximate surface area is 121 Å². The van der Waals surface area contributed by atoms with Crippen LogP contribution in [-0.2, 0) is 0 Å². The van der Waals surface area contributed by atoms with Gasteiger partial charge in [0.2, 0.25) is 0 Å². The molecule has 0 amide bonds. The Morgan fingerprint density at radius 2 is 1.50 bits per heavy atom. The van der Waals surface area contributed by atoms with Gasteiger partial charge in [0, 0.05) is 0 Å². The maximum Gasteiger partial charge on any atom is 0.132 e. The maximum atomic E-state index is 2.25. The third-order valence-electron chi connectivity index (χ3n) is 3.70. The lowest BCUT2D eigenvalue weighted by atomic mass is 10.0. The predicted octanol–water partition coefficient (Wildman–Crippen LogP) is 4.45. The first-order valence-electron chi connectivity index (χ1n) is 6.95. The van der Waals surface area contributed by atoms with Crippen LogP contribution in [0.25, 0.3) is 17.7 Å². The highest BCUT2D eigenvalue weighted by atomic mass is 15.3. The maximum absolute atomic E-state index is 2.25. The van der Waals surface area contributed by atoms with Crippen LogP contribution in [-0.4, -0.2) is 21.1 Å². The highest BCUT2D eigenvalue weighted by Crippen LogP contribution is 2.30. The minimum atomic E-state index is 0.847. The fraction of sp³-hybridized carbons (Fsp3) is 0.158. The Hall–Kier alpha value is -2.12. The van der Waals surface area contributed by atoms with Gasteiger partial charge in [-0.05, 0) is 52.6 Å². The van der Waals surface area contributed by atoms with E-state index in [0.29, 0.717) is 0 Å². The van der Waals surface area contributed by atoms with Gasteiger partial charge >= 0.3 is 0 Å². The number of nitrogens with zero attached hydrogens (tertiary/aromatic N) is 1. The normalized spacial score (nSPS) is 15.7. The zero-order valence-corrected chi connectivity index (χ0v) is 12.3. The largest absolute Gasteiger partial charge is 0.298 e. The minimum Gasteiger partial charge on any atom is -0.298 e. The molecule has 0 unspecified atom stereocenters. The van der Waals surface area contributed by atoms with Crippen molar-refractivity contribution in [3.8, 4) is 0 Å². The fourth-order valence-corrected chi connectivity index (χ4v) is 2.50. The molecule has 0 heterocycles. The Morgan fingerprint density at radius 1 is 0.800 bits per heavy atom. The summed E-state index contributed by atoms with van der Waals surface area (Å²) in [6, 6.07) is 17.3. The Bertz CT molecular complexity index is 682. The van der Waals surface area contributed by atoms with E-state index in [1.165, 1.54) is 28.0 Å². The summed E-state index contributed by atoms with van der Waals surface area (Å²) in [6.45, 7) is 0. The van der Waals surface area contributed by atoms with E-state index in [4.69, 9.17) is 0 Å². The molecular formula is C19H20N+. The van der Waals surface area contributed by atoms with Gasteiger partial charge in [0.25, 0.3) is 0 Å². The molecule has 0 fully saturated rings. The van der Waals surface area contributed by atoms with E-state index in [1.54, 1.807) is 0 Å². The van der Waals surface area contributed by atoms with Crippen LogP contribution in [0.15, 0.2) is 54.6 Å². The molecule has 100 valence electrons. The lowest BCUT2D eigenvalue weighted by Crippen LogP contribution is -2.34. The van der Waals surface area contributed by atoms with Crippen LogP contribution in [0.2, 0.25) is 0 Å². The van der Waals surface area contributed by atoms with Gasteiger partial charge < -0.3 is 0 Å². The van der Waals surface area contributed by atoms with Crippen LogP contribution in [0, 0.1) is 0 Å². The zero-order valence-electron chi connectivity index (χ0n) is 12.3. The molecule has 0 aromatic heterocycles. The van der Waals surface area contributed by atoms with E-state index in [0.717, 1.165) is 4.48 Å². The van der Waals surface area contributed by atoms with Crippen molar-refractivity contribution in [1.29, 1.82) is 0 Å². The van der Waals surface area contributed by atoms with Crippen LogP contribution in [0.4, 0.5) is 5.69 Å². The molecule has 20 heavy (non-hydrogen) atoms. The number of hydrogen-bond acceptors (Lipinski definition) is 0. The van der Waals surface area contributed by atoms with Crippen molar-refractivity contribution in [2.45, 2.75) is 0 Å². The number of benzene rings is 2. The molecule has 0 atom stereocenters. The summed E-state index contributed by atoms with van der Waals surface area (Å²) >= 11 is 0. The number of rotatable bonds is 2. The van der Waals surface area contributed by atoms with E-state index < -0.39 is 0 Å². The SMILES string of the molecule is C[N+](C)(C)c1ccc(/C=C2/C=Cc3ccccc32)cc1. The second kappa shape index (κ2) is 4.77. The fourth-order valence-electron chi connectivity index (χ4n) is 2.50. The van der Waals surface area contributed by atoms with E-state index in [2.05, 4.69) is 87.9 Å². The predicted molar refractivity (Wildman–Crippen MR) is 89.4 cm³/mol. The Balaban J connectivity index is 1.93. The Morgan fingerprint density at radius 3 is 2.20 bits per heavy atom. The molecule has 1 nitrogen and oxygen atoms in total. The van der Waals surface area contributed by atoms with E-state index in [9.17, 15) is 0 Å². The molecule has 2 aromatic rings. The monoisotopic (exact) mass is 262 g/mol. The number of fused-ring (bicyclic) bond motifs is 1. The molecule has 2 aromatic carbocycles. The number of quaternary nitrogens is 1. The van der Waals surface area contributed by atoms with Crippen molar-refractivity contribution in [2.24, 2.45) is 0 Å².